The highest BCUT2D eigenvalue weighted by atomic mass is 15.1. The highest BCUT2D eigenvalue weighted by Gasteiger charge is 2.04. The van der Waals surface area contributed by atoms with Crippen molar-refractivity contribution < 1.29 is 0 Å². The molecule has 0 bridgehead atoms. The van der Waals surface area contributed by atoms with E-state index in [4.69, 9.17) is 5.73 Å². The fraction of sp³-hybridized carbons (Fsp3) is 0.133. The lowest BCUT2D eigenvalue weighted by Crippen LogP contribution is -2.03. The monoisotopic (exact) mass is 252 g/mol. The molecule has 0 amide bonds. The average Bonchev–Trinajstić information content (AvgIpc) is 2.84. The first-order valence-corrected chi connectivity index (χ1v) is 6.25. The Hall–Kier alpha value is -2.49. The molecule has 3 rings (SSSR count). The molecule has 0 spiro atoms. The number of H-pyrrole nitrogens is 1. The van der Waals surface area contributed by atoms with Crippen LogP contribution in [0, 0.1) is 6.92 Å². The van der Waals surface area contributed by atoms with Gasteiger partial charge in [-0.25, -0.2) is 0 Å². The molecule has 0 saturated heterocycles. The summed E-state index contributed by atoms with van der Waals surface area (Å²) in [4.78, 5) is 0. The molecule has 0 fully saturated rings. The second kappa shape index (κ2) is 4.65. The quantitative estimate of drug-likeness (QED) is 0.627. The molecule has 0 unspecified atom stereocenters. The first-order chi connectivity index (χ1) is 9.24. The average molecular weight is 252 g/mol. The van der Waals surface area contributed by atoms with Crippen LogP contribution in [0.4, 0.5) is 11.4 Å². The first kappa shape index (κ1) is 11.6. The first-order valence-electron chi connectivity index (χ1n) is 6.25. The van der Waals surface area contributed by atoms with Crippen LogP contribution in [0.2, 0.25) is 0 Å². The number of nitrogens with one attached hydrogen (secondary N) is 2. The molecule has 0 saturated carbocycles. The predicted molar refractivity (Wildman–Crippen MR) is 79.0 cm³/mol. The van der Waals surface area contributed by atoms with Crippen molar-refractivity contribution in [1.82, 2.24) is 10.2 Å². The molecule has 0 aliphatic carbocycles. The van der Waals surface area contributed by atoms with Gasteiger partial charge in [0.2, 0.25) is 0 Å². The Kier molecular flexibility index (Phi) is 2.83. The topological polar surface area (TPSA) is 66.7 Å². The van der Waals surface area contributed by atoms with Gasteiger partial charge in [-0.1, -0.05) is 24.3 Å². The molecule has 4 N–H and O–H groups in total. The van der Waals surface area contributed by atoms with Gasteiger partial charge in [0.25, 0.3) is 0 Å². The van der Waals surface area contributed by atoms with Crippen molar-refractivity contribution in [3.05, 3.63) is 53.7 Å². The molecular formula is C15H16N4. The summed E-state index contributed by atoms with van der Waals surface area (Å²) >= 11 is 0. The molecular weight excluding hydrogens is 236 g/mol. The number of hydrogen-bond donors (Lipinski definition) is 3. The van der Waals surface area contributed by atoms with Crippen LogP contribution in [0.5, 0.6) is 0 Å². The number of nitrogen functional groups attached to an aromatic ring is 1. The van der Waals surface area contributed by atoms with Crippen LogP contribution in [0.25, 0.3) is 10.9 Å². The van der Waals surface area contributed by atoms with Crippen molar-refractivity contribution in [3.63, 3.8) is 0 Å². The number of anilines is 2. The summed E-state index contributed by atoms with van der Waals surface area (Å²) in [5.41, 5.74) is 11.2. The number of nitrogens with zero attached hydrogens (tertiary/aromatic N) is 1. The van der Waals surface area contributed by atoms with Gasteiger partial charge in [0.15, 0.2) is 0 Å². The molecule has 0 atom stereocenters. The number of aryl methyl sites for hydroxylation is 1. The standard InChI is InChI=1S/C15H16N4/c1-10-4-2-3-5-11(10)8-17-15-7-14-12(6-13(15)16)9-18-19-14/h2-7,9,17H,8,16H2,1H3,(H,18,19). The summed E-state index contributed by atoms with van der Waals surface area (Å²) in [7, 11) is 0. The van der Waals surface area contributed by atoms with E-state index in [1.54, 1.807) is 6.20 Å². The van der Waals surface area contributed by atoms with Crippen LogP contribution >= 0.6 is 0 Å². The van der Waals surface area contributed by atoms with Crippen LogP contribution in [0.1, 0.15) is 11.1 Å². The zero-order chi connectivity index (χ0) is 13.2. The Morgan fingerprint density at radius 1 is 1.26 bits per heavy atom. The fourth-order valence-electron chi connectivity index (χ4n) is 2.16. The zero-order valence-corrected chi connectivity index (χ0v) is 10.8. The molecule has 4 nitrogen and oxygen atoms in total. The van der Waals surface area contributed by atoms with E-state index in [1.165, 1.54) is 11.1 Å². The summed E-state index contributed by atoms with van der Waals surface area (Å²) < 4.78 is 0. The Balaban J connectivity index is 1.85. The maximum Gasteiger partial charge on any atom is 0.0672 e. The third-order valence-electron chi connectivity index (χ3n) is 3.34. The number of rotatable bonds is 3. The highest BCUT2D eigenvalue weighted by molar-refractivity contribution is 5.88. The van der Waals surface area contributed by atoms with Crippen molar-refractivity contribution >= 4 is 22.3 Å². The molecule has 96 valence electrons. The van der Waals surface area contributed by atoms with Gasteiger partial charge in [0.1, 0.15) is 0 Å². The predicted octanol–water partition coefficient (Wildman–Crippen LogP) is 3.07. The van der Waals surface area contributed by atoms with Gasteiger partial charge in [-0.3, -0.25) is 5.10 Å². The van der Waals surface area contributed by atoms with Gasteiger partial charge in [0, 0.05) is 11.9 Å². The van der Waals surface area contributed by atoms with Crippen LogP contribution in [0.15, 0.2) is 42.6 Å². The second-order valence-corrected chi connectivity index (χ2v) is 4.68. The molecule has 0 aliphatic heterocycles. The van der Waals surface area contributed by atoms with Gasteiger partial charge in [0.05, 0.1) is 23.1 Å². The lowest BCUT2D eigenvalue weighted by atomic mass is 10.1. The van der Waals surface area contributed by atoms with Crippen molar-refractivity contribution in [1.29, 1.82) is 0 Å². The van der Waals surface area contributed by atoms with Crippen molar-refractivity contribution in [2.45, 2.75) is 13.5 Å². The van der Waals surface area contributed by atoms with Crippen LogP contribution < -0.4 is 11.1 Å². The lowest BCUT2D eigenvalue weighted by molar-refractivity contribution is 1.11. The smallest absolute Gasteiger partial charge is 0.0672 e. The molecule has 1 heterocycles. The van der Waals surface area contributed by atoms with Crippen LogP contribution in [-0.2, 0) is 6.54 Å². The maximum absolute atomic E-state index is 6.04. The molecule has 19 heavy (non-hydrogen) atoms. The van der Waals surface area contributed by atoms with E-state index < -0.39 is 0 Å². The minimum atomic E-state index is 0.738. The minimum absolute atomic E-state index is 0.738. The molecule has 1 aromatic heterocycles. The largest absolute Gasteiger partial charge is 0.397 e. The van der Waals surface area contributed by atoms with Crippen molar-refractivity contribution in [3.8, 4) is 0 Å². The summed E-state index contributed by atoms with van der Waals surface area (Å²) in [6, 6.07) is 12.2. The van der Waals surface area contributed by atoms with E-state index in [-0.39, 0.29) is 0 Å². The number of aromatic nitrogens is 2. The van der Waals surface area contributed by atoms with Crippen molar-refractivity contribution in [2.24, 2.45) is 0 Å². The SMILES string of the molecule is Cc1ccccc1CNc1cc2[nH]ncc2cc1N. The summed E-state index contributed by atoms with van der Waals surface area (Å²) in [5, 5.41) is 11.4. The van der Waals surface area contributed by atoms with Crippen LogP contribution in [0.3, 0.4) is 0 Å². The van der Waals surface area contributed by atoms with Gasteiger partial charge in [-0.2, -0.15) is 5.10 Å². The van der Waals surface area contributed by atoms with Gasteiger partial charge >= 0.3 is 0 Å². The van der Waals surface area contributed by atoms with Crippen molar-refractivity contribution in [2.75, 3.05) is 11.1 Å². The Morgan fingerprint density at radius 2 is 2.11 bits per heavy atom. The van der Waals surface area contributed by atoms with E-state index in [2.05, 4.69) is 34.6 Å². The molecule has 2 aromatic carbocycles. The second-order valence-electron chi connectivity index (χ2n) is 4.68. The number of nitrogens with two attached hydrogens (primary N) is 1. The Bertz CT molecular complexity index is 715. The van der Waals surface area contributed by atoms with Gasteiger partial charge < -0.3 is 11.1 Å². The number of benzene rings is 2. The summed E-state index contributed by atoms with van der Waals surface area (Å²) in [6.45, 7) is 2.87. The third kappa shape index (κ3) is 2.25. The van der Waals surface area contributed by atoms with E-state index in [1.807, 2.05) is 24.3 Å². The third-order valence-corrected chi connectivity index (χ3v) is 3.34. The molecule has 4 heteroatoms. The highest BCUT2D eigenvalue weighted by Crippen LogP contribution is 2.25. The summed E-state index contributed by atoms with van der Waals surface area (Å²) in [6.07, 6.45) is 1.77. The van der Waals surface area contributed by atoms with Gasteiger partial charge in [-0.15, -0.1) is 0 Å². The Morgan fingerprint density at radius 3 is 2.95 bits per heavy atom. The number of aromatic amines is 1. The normalized spacial score (nSPS) is 10.8. The number of fused-ring (bicyclic) bond motifs is 1. The lowest BCUT2D eigenvalue weighted by Gasteiger charge is -2.11. The molecule has 0 aliphatic rings. The van der Waals surface area contributed by atoms with E-state index in [0.717, 1.165) is 28.8 Å². The summed E-state index contributed by atoms with van der Waals surface area (Å²) in [5.74, 6) is 0. The zero-order valence-electron chi connectivity index (χ0n) is 10.8. The molecule has 3 aromatic rings. The van der Waals surface area contributed by atoms with E-state index >= 15 is 0 Å². The number of hydrogen-bond acceptors (Lipinski definition) is 3. The molecule has 0 radical (unpaired) electrons. The minimum Gasteiger partial charge on any atom is -0.397 e. The van der Waals surface area contributed by atoms with E-state index in [0.29, 0.717) is 0 Å². The Labute approximate surface area is 111 Å². The van der Waals surface area contributed by atoms with Crippen LogP contribution in [-0.4, -0.2) is 10.2 Å². The van der Waals surface area contributed by atoms with Gasteiger partial charge in [-0.05, 0) is 30.2 Å². The fourth-order valence-corrected chi connectivity index (χ4v) is 2.16. The maximum atomic E-state index is 6.04. The van der Waals surface area contributed by atoms with E-state index in [9.17, 15) is 0 Å².